The smallest absolute Gasteiger partial charge is 0.123 e. The van der Waals surface area contributed by atoms with Gasteiger partial charge in [-0.25, -0.2) is 4.39 Å². The molecule has 2 rings (SSSR count). The van der Waals surface area contributed by atoms with Gasteiger partial charge in [0.25, 0.3) is 0 Å². The Labute approximate surface area is 111 Å². The lowest BCUT2D eigenvalue weighted by molar-refractivity contribution is 0.278. The second-order valence-corrected chi connectivity index (χ2v) is 5.14. The van der Waals surface area contributed by atoms with Gasteiger partial charge in [-0.05, 0) is 41.8 Å². The number of thioether (sulfide) groups is 1. The summed E-state index contributed by atoms with van der Waals surface area (Å²) in [6.45, 7) is 1.95. The summed E-state index contributed by atoms with van der Waals surface area (Å²) in [5.74, 6) is 0.518. The van der Waals surface area contributed by atoms with Crippen molar-refractivity contribution in [3.05, 3.63) is 65.0 Å². The molecule has 0 aliphatic rings. The number of aryl methyl sites for hydroxylation is 1. The van der Waals surface area contributed by atoms with E-state index in [-0.39, 0.29) is 12.4 Å². The molecule has 18 heavy (non-hydrogen) atoms. The van der Waals surface area contributed by atoms with Gasteiger partial charge in [0.05, 0.1) is 6.61 Å². The highest BCUT2D eigenvalue weighted by molar-refractivity contribution is 7.98. The van der Waals surface area contributed by atoms with Crippen LogP contribution < -0.4 is 0 Å². The van der Waals surface area contributed by atoms with Crippen LogP contribution in [0.5, 0.6) is 0 Å². The Balaban J connectivity index is 2.13. The van der Waals surface area contributed by atoms with Crippen molar-refractivity contribution in [2.24, 2.45) is 0 Å². The van der Waals surface area contributed by atoms with Crippen LogP contribution >= 0.6 is 11.8 Å². The molecule has 2 aromatic carbocycles. The maximum atomic E-state index is 13.0. The zero-order valence-corrected chi connectivity index (χ0v) is 11.0. The Hall–Kier alpha value is -1.32. The molecule has 1 nitrogen and oxygen atoms in total. The van der Waals surface area contributed by atoms with Crippen molar-refractivity contribution in [3.8, 4) is 0 Å². The minimum atomic E-state index is -0.306. The highest BCUT2D eigenvalue weighted by atomic mass is 32.2. The van der Waals surface area contributed by atoms with E-state index in [4.69, 9.17) is 0 Å². The number of halogens is 1. The van der Waals surface area contributed by atoms with Crippen molar-refractivity contribution in [1.29, 1.82) is 0 Å². The van der Waals surface area contributed by atoms with Crippen LogP contribution in [0.15, 0.2) is 47.4 Å². The first-order valence-corrected chi connectivity index (χ1v) is 6.76. The van der Waals surface area contributed by atoms with Crippen LogP contribution in [0.4, 0.5) is 4.39 Å². The summed E-state index contributed by atoms with van der Waals surface area (Å²) in [5, 5.41) is 9.21. The van der Waals surface area contributed by atoms with Crippen LogP contribution in [0.1, 0.15) is 16.7 Å². The molecule has 0 aliphatic heterocycles. The average Bonchev–Trinajstić information content (AvgIpc) is 2.39. The van der Waals surface area contributed by atoms with E-state index in [1.54, 1.807) is 17.8 Å². The maximum Gasteiger partial charge on any atom is 0.123 e. The fourth-order valence-electron chi connectivity index (χ4n) is 1.74. The average molecular weight is 262 g/mol. The number of hydrogen-bond acceptors (Lipinski definition) is 2. The zero-order chi connectivity index (χ0) is 13.0. The van der Waals surface area contributed by atoms with E-state index in [0.29, 0.717) is 5.56 Å². The van der Waals surface area contributed by atoms with Gasteiger partial charge in [0, 0.05) is 10.6 Å². The van der Waals surface area contributed by atoms with E-state index < -0.39 is 0 Å². The van der Waals surface area contributed by atoms with Crippen LogP contribution in [-0.4, -0.2) is 5.11 Å². The van der Waals surface area contributed by atoms with E-state index >= 15 is 0 Å². The largest absolute Gasteiger partial charge is 0.392 e. The third-order valence-corrected chi connectivity index (χ3v) is 4.00. The lowest BCUT2D eigenvalue weighted by atomic mass is 10.1. The SMILES string of the molecule is Cc1ccccc1CSc1ccc(F)cc1CO. The molecule has 1 N–H and O–H groups in total. The Morgan fingerprint density at radius 1 is 1.11 bits per heavy atom. The Bertz CT molecular complexity index is 540. The van der Waals surface area contributed by atoms with Crippen LogP contribution in [0.25, 0.3) is 0 Å². The Morgan fingerprint density at radius 2 is 1.89 bits per heavy atom. The van der Waals surface area contributed by atoms with Crippen molar-refractivity contribution < 1.29 is 9.50 Å². The molecule has 0 aliphatic carbocycles. The van der Waals surface area contributed by atoms with Gasteiger partial charge in [-0.15, -0.1) is 11.8 Å². The van der Waals surface area contributed by atoms with Crippen LogP contribution in [0, 0.1) is 12.7 Å². The monoisotopic (exact) mass is 262 g/mol. The first-order chi connectivity index (χ1) is 8.70. The molecule has 0 saturated heterocycles. The van der Waals surface area contributed by atoms with Crippen molar-refractivity contribution in [2.45, 2.75) is 24.2 Å². The van der Waals surface area contributed by atoms with Crippen molar-refractivity contribution in [2.75, 3.05) is 0 Å². The van der Waals surface area contributed by atoms with E-state index in [0.717, 1.165) is 10.6 Å². The molecule has 0 spiro atoms. The summed E-state index contributed by atoms with van der Waals surface area (Å²) in [6.07, 6.45) is 0. The molecular formula is C15H15FOS. The number of aliphatic hydroxyl groups excluding tert-OH is 1. The standard InChI is InChI=1S/C15H15FOS/c1-11-4-2-3-5-12(11)10-18-15-7-6-14(16)8-13(15)9-17/h2-8,17H,9-10H2,1H3. The fourth-order valence-corrected chi connectivity index (χ4v) is 2.85. The van der Waals surface area contributed by atoms with Gasteiger partial charge in [0.15, 0.2) is 0 Å². The second kappa shape index (κ2) is 6.03. The highest BCUT2D eigenvalue weighted by Crippen LogP contribution is 2.28. The molecule has 2 aromatic rings. The van der Waals surface area contributed by atoms with E-state index in [1.807, 2.05) is 12.1 Å². The summed E-state index contributed by atoms with van der Waals surface area (Å²) in [4.78, 5) is 0.933. The van der Waals surface area contributed by atoms with Gasteiger partial charge >= 0.3 is 0 Å². The summed E-state index contributed by atoms with van der Waals surface area (Å²) < 4.78 is 13.0. The molecule has 0 bridgehead atoms. The summed E-state index contributed by atoms with van der Waals surface area (Å²) in [5.41, 5.74) is 3.15. The van der Waals surface area contributed by atoms with Gasteiger partial charge in [0.2, 0.25) is 0 Å². The predicted molar refractivity (Wildman–Crippen MR) is 73.1 cm³/mol. The molecule has 3 heteroatoms. The van der Waals surface area contributed by atoms with Gasteiger partial charge < -0.3 is 5.11 Å². The summed E-state index contributed by atoms with van der Waals surface area (Å²) >= 11 is 1.62. The minimum absolute atomic E-state index is 0.131. The molecular weight excluding hydrogens is 247 g/mol. The van der Waals surface area contributed by atoms with Crippen LogP contribution in [-0.2, 0) is 12.4 Å². The number of aliphatic hydroxyl groups is 1. The Morgan fingerprint density at radius 3 is 2.61 bits per heavy atom. The predicted octanol–water partition coefficient (Wildman–Crippen LogP) is 3.92. The third-order valence-electron chi connectivity index (χ3n) is 2.84. The van der Waals surface area contributed by atoms with Crippen LogP contribution in [0.2, 0.25) is 0 Å². The van der Waals surface area contributed by atoms with Gasteiger partial charge in [-0.1, -0.05) is 24.3 Å². The van der Waals surface area contributed by atoms with E-state index in [9.17, 15) is 9.50 Å². The zero-order valence-electron chi connectivity index (χ0n) is 10.2. The first kappa shape index (κ1) is 13.1. The summed E-state index contributed by atoms with van der Waals surface area (Å²) in [6, 6.07) is 12.7. The molecule has 0 aromatic heterocycles. The van der Waals surface area contributed by atoms with Gasteiger partial charge in [0.1, 0.15) is 5.82 Å². The topological polar surface area (TPSA) is 20.2 Å². The molecule has 0 fully saturated rings. The third kappa shape index (κ3) is 3.12. The Kier molecular flexibility index (Phi) is 4.39. The normalized spacial score (nSPS) is 10.6. The van der Waals surface area contributed by atoms with Gasteiger partial charge in [-0.2, -0.15) is 0 Å². The highest BCUT2D eigenvalue weighted by Gasteiger charge is 2.05. The lowest BCUT2D eigenvalue weighted by Crippen LogP contribution is -1.91. The maximum absolute atomic E-state index is 13.0. The van der Waals surface area contributed by atoms with Crippen molar-refractivity contribution in [1.82, 2.24) is 0 Å². The molecule has 0 atom stereocenters. The minimum Gasteiger partial charge on any atom is -0.392 e. The quantitative estimate of drug-likeness (QED) is 0.843. The van der Waals surface area contributed by atoms with E-state index in [2.05, 4.69) is 19.1 Å². The molecule has 0 unspecified atom stereocenters. The molecule has 0 saturated carbocycles. The van der Waals surface area contributed by atoms with E-state index in [1.165, 1.54) is 23.3 Å². The summed E-state index contributed by atoms with van der Waals surface area (Å²) in [7, 11) is 0. The van der Waals surface area contributed by atoms with Crippen molar-refractivity contribution >= 4 is 11.8 Å². The van der Waals surface area contributed by atoms with Crippen molar-refractivity contribution in [3.63, 3.8) is 0 Å². The molecule has 0 heterocycles. The first-order valence-electron chi connectivity index (χ1n) is 5.77. The molecule has 0 amide bonds. The number of rotatable bonds is 4. The lowest BCUT2D eigenvalue weighted by Gasteiger charge is -2.08. The number of hydrogen-bond donors (Lipinski definition) is 1. The number of benzene rings is 2. The fraction of sp³-hybridized carbons (Fsp3) is 0.200. The van der Waals surface area contributed by atoms with Gasteiger partial charge in [-0.3, -0.25) is 0 Å². The van der Waals surface area contributed by atoms with Crippen LogP contribution in [0.3, 0.4) is 0 Å². The molecule has 0 radical (unpaired) electrons. The molecule has 94 valence electrons. The second-order valence-electron chi connectivity index (χ2n) is 4.13.